The lowest BCUT2D eigenvalue weighted by Gasteiger charge is -1.94. The van der Waals surface area contributed by atoms with Gasteiger partial charge in [-0.25, -0.2) is 0 Å². The minimum Gasteiger partial charge on any atom is -0.471 e. The Morgan fingerprint density at radius 1 is 2.00 bits per heavy atom. The normalized spacial score (nSPS) is 24.8. The maximum absolute atomic E-state index is 10.1. The van der Waals surface area contributed by atoms with Crippen molar-refractivity contribution in [2.75, 3.05) is 13.2 Å². The quantitative estimate of drug-likeness (QED) is 0.346. The molecule has 1 fully saturated rings. The van der Waals surface area contributed by atoms with E-state index in [2.05, 4.69) is 4.74 Å². The van der Waals surface area contributed by atoms with Crippen molar-refractivity contribution >= 4 is 13.7 Å². The average molecular weight is 114 g/mol. The van der Waals surface area contributed by atoms with E-state index in [4.69, 9.17) is 4.74 Å². The molecule has 1 heterocycles. The molecule has 1 atom stereocenters. The Bertz CT molecular complexity index is 99.5. The summed E-state index contributed by atoms with van der Waals surface area (Å²) in [6.45, 7) is 1.17. The van der Waals surface area contributed by atoms with Crippen LogP contribution >= 0.6 is 0 Å². The van der Waals surface area contributed by atoms with Crippen molar-refractivity contribution in [1.82, 2.24) is 0 Å². The Balaban J connectivity index is 1.95. The van der Waals surface area contributed by atoms with E-state index in [-0.39, 0.29) is 12.0 Å². The molecule has 0 unspecified atom stereocenters. The smallest absolute Gasteiger partial charge is 0.243 e. The van der Waals surface area contributed by atoms with Crippen LogP contribution in [0.15, 0.2) is 0 Å². The van der Waals surface area contributed by atoms with Gasteiger partial charge in [0.05, 0.1) is 6.61 Å². The minimum absolute atomic E-state index is 0.193. The molecule has 0 spiro atoms. The predicted molar refractivity (Wildman–Crippen MR) is 29.6 cm³/mol. The number of hydrogen-bond acceptors (Lipinski definition) is 3. The third-order valence-electron chi connectivity index (χ3n) is 0.875. The summed E-state index contributed by atoms with van der Waals surface area (Å²) < 4.78 is 9.38. The van der Waals surface area contributed by atoms with Crippen LogP contribution < -0.4 is 0 Å². The van der Waals surface area contributed by atoms with Crippen LogP contribution in [0.25, 0.3) is 0 Å². The Morgan fingerprint density at radius 2 is 2.62 bits per heavy atom. The van der Waals surface area contributed by atoms with E-state index in [9.17, 15) is 4.79 Å². The van der Waals surface area contributed by atoms with Gasteiger partial charge in [-0.05, 0) is 0 Å². The molecule has 0 amide bonds. The maximum Gasteiger partial charge on any atom is 0.243 e. The molecule has 1 aliphatic rings. The number of epoxide rings is 1. The van der Waals surface area contributed by atoms with Gasteiger partial charge < -0.3 is 9.47 Å². The predicted octanol–water partition coefficient (Wildman–Crippen LogP) is -0.845. The molecule has 0 radical (unpaired) electrons. The number of ether oxygens (including phenoxy) is 2. The topological polar surface area (TPSA) is 38.8 Å². The van der Waals surface area contributed by atoms with Crippen LogP contribution in [0.5, 0.6) is 0 Å². The number of carbonyl (C=O) groups is 1. The summed E-state index contributed by atoms with van der Waals surface area (Å²) in [6.07, 6.45) is 0.193. The molecule has 0 aromatic rings. The summed E-state index contributed by atoms with van der Waals surface area (Å²) in [5.41, 5.74) is 0. The summed E-state index contributed by atoms with van der Waals surface area (Å²) in [5.74, 6) is -0.236. The highest BCUT2D eigenvalue weighted by Gasteiger charge is 2.23. The zero-order valence-electron chi connectivity index (χ0n) is 4.72. The van der Waals surface area contributed by atoms with E-state index >= 15 is 0 Å². The first-order chi connectivity index (χ1) is 3.79. The second-order valence-electron chi connectivity index (χ2n) is 1.76. The van der Waals surface area contributed by atoms with Gasteiger partial charge in [0.2, 0.25) is 13.7 Å². The molecule has 8 heavy (non-hydrogen) atoms. The van der Waals surface area contributed by atoms with Crippen molar-refractivity contribution in [3.8, 4) is 0 Å². The van der Waals surface area contributed by atoms with Gasteiger partial charge in [-0.2, -0.15) is 0 Å². The van der Waals surface area contributed by atoms with Crippen molar-refractivity contribution in [3.63, 3.8) is 0 Å². The zero-order valence-corrected chi connectivity index (χ0v) is 4.72. The molecule has 0 aromatic carbocycles. The van der Waals surface area contributed by atoms with Crippen molar-refractivity contribution in [1.29, 1.82) is 0 Å². The molecule has 0 saturated carbocycles. The van der Waals surface area contributed by atoms with Crippen molar-refractivity contribution in [2.45, 2.75) is 6.10 Å². The fourth-order valence-electron chi connectivity index (χ4n) is 0.375. The van der Waals surface area contributed by atoms with E-state index in [0.29, 0.717) is 6.61 Å². The Labute approximate surface area is 48.4 Å². The fraction of sp³-hybridized carbons (Fsp3) is 0.750. The molecule has 1 saturated heterocycles. The van der Waals surface area contributed by atoms with E-state index in [1.165, 1.54) is 7.85 Å². The number of rotatable bonds is 2. The maximum atomic E-state index is 10.1. The molecule has 0 bridgehead atoms. The summed E-state index contributed by atoms with van der Waals surface area (Å²) >= 11 is 0. The summed E-state index contributed by atoms with van der Waals surface area (Å²) in [5, 5.41) is 0. The molecule has 1 rings (SSSR count). The van der Waals surface area contributed by atoms with Crippen LogP contribution in [-0.2, 0) is 9.47 Å². The Morgan fingerprint density at radius 3 is 3.00 bits per heavy atom. The second-order valence-corrected chi connectivity index (χ2v) is 1.76. The first kappa shape index (κ1) is 5.63. The lowest BCUT2D eigenvalue weighted by molar-refractivity contribution is 0.161. The number of carbonyl (C=O) groups excluding carboxylic acids is 1. The minimum atomic E-state index is -0.236. The summed E-state index contributed by atoms with van der Waals surface area (Å²) in [7, 11) is 1.39. The number of hydrogen-bond donors (Lipinski definition) is 0. The van der Waals surface area contributed by atoms with Gasteiger partial charge in [0.25, 0.3) is 0 Å². The van der Waals surface area contributed by atoms with Crippen molar-refractivity contribution in [2.24, 2.45) is 0 Å². The van der Waals surface area contributed by atoms with Gasteiger partial charge in [-0.1, -0.05) is 0 Å². The van der Waals surface area contributed by atoms with Crippen molar-refractivity contribution < 1.29 is 14.3 Å². The Kier molecular flexibility index (Phi) is 1.53. The fourth-order valence-corrected chi connectivity index (χ4v) is 0.375. The average Bonchev–Trinajstić information content (AvgIpc) is 2.41. The molecular weight excluding hydrogens is 107 g/mol. The monoisotopic (exact) mass is 114 g/mol. The van der Waals surface area contributed by atoms with Crippen LogP contribution in [0.3, 0.4) is 0 Å². The molecule has 1 aliphatic heterocycles. The van der Waals surface area contributed by atoms with Crippen LogP contribution in [0.2, 0.25) is 0 Å². The molecule has 3 nitrogen and oxygen atoms in total. The molecular formula is C4H7BO3. The highest BCUT2D eigenvalue weighted by molar-refractivity contribution is 6.55. The van der Waals surface area contributed by atoms with Gasteiger partial charge >= 0.3 is 0 Å². The largest absolute Gasteiger partial charge is 0.471 e. The third kappa shape index (κ3) is 1.98. The van der Waals surface area contributed by atoms with Crippen molar-refractivity contribution in [3.05, 3.63) is 0 Å². The van der Waals surface area contributed by atoms with E-state index in [0.717, 1.165) is 6.61 Å². The van der Waals surface area contributed by atoms with Gasteiger partial charge in [-0.3, -0.25) is 4.79 Å². The molecule has 44 valence electrons. The lowest BCUT2D eigenvalue weighted by atomic mass is 10.2. The van der Waals surface area contributed by atoms with E-state index in [1.807, 2.05) is 0 Å². The molecule has 0 N–H and O–H groups in total. The third-order valence-corrected chi connectivity index (χ3v) is 0.875. The van der Waals surface area contributed by atoms with Crippen LogP contribution in [-0.4, -0.2) is 33.0 Å². The van der Waals surface area contributed by atoms with Gasteiger partial charge in [-0.15, -0.1) is 0 Å². The SMILES string of the molecule is BC(=O)OC[C@H]1CO1. The van der Waals surface area contributed by atoms with Gasteiger partial charge in [0.15, 0.2) is 0 Å². The molecule has 4 heteroatoms. The van der Waals surface area contributed by atoms with Gasteiger partial charge in [0, 0.05) is 0 Å². The highest BCUT2D eigenvalue weighted by atomic mass is 16.6. The van der Waals surface area contributed by atoms with E-state index < -0.39 is 0 Å². The van der Waals surface area contributed by atoms with E-state index in [1.54, 1.807) is 0 Å². The van der Waals surface area contributed by atoms with Crippen LogP contribution in [0.1, 0.15) is 0 Å². The molecule has 0 aromatic heterocycles. The molecule has 0 aliphatic carbocycles. The Hall–Kier alpha value is -0.505. The lowest BCUT2D eigenvalue weighted by Crippen LogP contribution is -2.06. The first-order valence-electron chi connectivity index (χ1n) is 2.54. The van der Waals surface area contributed by atoms with Crippen LogP contribution in [0.4, 0.5) is 4.79 Å². The zero-order chi connectivity index (χ0) is 5.98. The summed E-state index contributed by atoms with van der Waals surface area (Å²) in [6, 6.07) is 0. The first-order valence-corrected chi connectivity index (χ1v) is 2.54. The van der Waals surface area contributed by atoms with Crippen LogP contribution in [0, 0.1) is 0 Å². The second kappa shape index (κ2) is 2.18. The standard InChI is InChI=1S/C4H7BO3/c5-4(6)8-2-3-1-7-3/h3H,1-2,5H2/t3-/m1/s1. The summed E-state index contributed by atoms with van der Waals surface area (Å²) in [4.78, 5) is 10.1. The highest BCUT2D eigenvalue weighted by Crippen LogP contribution is 2.07. The van der Waals surface area contributed by atoms with Gasteiger partial charge in [0.1, 0.15) is 12.7 Å².